The number of hydrogen-bond donors (Lipinski definition) is 0. The van der Waals surface area contributed by atoms with Crippen molar-refractivity contribution < 1.29 is 4.74 Å². The molecule has 25 heavy (non-hydrogen) atoms. The van der Waals surface area contributed by atoms with Crippen LogP contribution in [0.2, 0.25) is 0 Å². The minimum atomic E-state index is 0.0253. The summed E-state index contributed by atoms with van der Waals surface area (Å²) >= 11 is 6.94. The number of fused-ring (bicyclic) bond motifs is 2. The van der Waals surface area contributed by atoms with Gasteiger partial charge in [0.1, 0.15) is 5.75 Å². The fourth-order valence-electron chi connectivity index (χ4n) is 3.05. The van der Waals surface area contributed by atoms with E-state index in [9.17, 15) is 4.79 Å². The van der Waals surface area contributed by atoms with E-state index in [1.807, 2.05) is 60.7 Å². The largest absolute Gasteiger partial charge is 0.497 e. The molecule has 124 valence electrons. The van der Waals surface area contributed by atoms with Crippen LogP contribution >= 0.6 is 31.9 Å². The maximum atomic E-state index is 13.0. The molecule has 0 saturated heterocycles. The van der Waals surface area contributed by atoms with Gasteiger partial charge in [-0.3, -0.25) is 4.79 Å². The van der Waals surface area contributed by atoms with E-state index in [2.05, 4.69) is 36.4 Å². The summed E-state index contributed by atoms with van der Waals surface area (Å²) in [5.74, 6) is 0.795. The maximum Gasteiger partial charge on any atom is 0.197 e. The number of nitrogens with zero attached hydrogens (tertiary/aromatic N) is 1. The predicted octanol–water partition coefficient (Wildman–Crippen LogP) is 5.68. The van der Waals surface area contributed by atoms with Gasteiger partial charge in [0.25, 0.3) is 0 Å². The summed E-state index contributed by atoms with van der Waals surface area (Å²) < 4.78 is 9.12. The predicted molar refractivity (Wildman–Crippen MR) is 109 cm³/mol. The molecule has 1 heterocycles. The average Bonchev–Trinajstić information content (AvgIpc) is 2.63. The van der Waals surface area contributed by atoms with E-state index in [-0.39, 0.29) is 5.43 Å². The van der Waals surface area contributed by atoms with Gasteiger partial charge in [0.15, 0.2) is 5.43 Å². The molecule has 4 aromatic rings. The number of aromatic nitrogens is 1. The van der Waals surface area contributed by atoms with Crippen LogP contribution in [-0.4, -0.2) is 11.7 Å². The Morgan fingerprint density at radius 2 is 1.32 bits per heavy atom. The van der Waals surface area contributed by atoms with E-state index < -0.39 is 0 Å². The highest BCUT2D eigenvalue weighted by molar-refractivity contribution is 9.10. The smallest absolute Gasteiger partial charge is 0.197 e. The van der Waals surface area contributed by atoms with Gasteiger partial charge in [-0.2, -0.15) is 0 Å². The van der Waals surface area contributed by atoms with Crippen molar-refractivity contribution >= 4 is 53.7 Å². The first-order valence-corrected chi connectivity index (χ1v) is 9.25. The van der Waals surface area contributed by atoms with Crippen molar-refractivity contribution in [2.75, 3.05) is 7.11 Å². The van der Waals surface area contributed by atoms with Gasteiger partial charge in [0.2, 0.25) is 0 Å². The highest BCUT2D eigenvalue weighted by Crippen LogP contribution is 2.28. The molecule has 0 atom stereocenters. The lowest BCUT2D eigenvalue weighted by molar-refractivity contribution is 0.415. The van der Waals surface area contributed by atoms with Crippen molar-refractivity contribution in [1.29, 1.82) is 0 Å². The molecule has 4 rings (SSSR count). The fraction of sp³-hybridized carbons (Fsp3) is 0.0500. The molecule has 0 fully saturated rings. The second kappa shape index (κ2) is 6.32. The molecule has 3 nitrogen and oxygen atoms in total. The summed E-state index contributed by atoms with van der Waals surface area (Å²) in [6, 6.07) is 19.4. The SMILES string of the molecule is COc1ccc(-n2c3ccc(Br)cc3c(=O)c3cc(Br)ccc32)cc1. The van der Waals surface area contributed by atoms with Crippen molar-refractivity contribution in [3.8, 4) is 11.4 Å². The van der Waals surface area contributed by atoms with Gasteiger partial charge < -0.3 is 9.30 Å². The summed E-state index contributed by atoms with van der Waals surface area (Å²) in [4.78, 5) is 13.0. The van der Waals surface area contributed by atoms with Gasteiger partial charge in [0.05, 0.1) is 18.1 Å². The Labute approximate surface area is 161 Å². The van der Waals surface area contributed by atoms with E-state index in [1.165, 1.54) is 0 Å². The van der Waals surface area contributed by atoms with E-state index in [1.54, 1.807) is 7.11 Å². The normalized spacial score (nSPS) is 11.2. The molecule has 1 aromatic heterocycles. The molecule has 0 amide bonds. The van der Waals surface area contributed by atoms with Crippen LogP contribution in [0.5, 0.6) is 5.75 Å². The lowest BCUT2D eigenvalue weighted by Gasteiger charge is -2.16. The zero-order chi connectivity index (χ0) is 17.6. The molecule has 5 heteroatoms. The van der Waals surface area contributed by atoms with Gasteiger partial charge >= 0.3 is 0 Å². The quantitative estimate of drug-likeness (QED) is 0.362. The molecular weight excluding hydrogens is 446 g/mol. The van der Waals surface area contributed by atoms with Crippen LogP contribution in [0.3, 0.4) is 0 Å². The third kappa shape index (κ3) is 2.77. The van der Waals surface area contributed by atoms with Gasteiger partial charge in [0, 0.05) is 25.4 Å². The molecule has 0 bridgehead atoms. The first-order chi connectivity index (χ1) is 12.1. The van der Waals surface area contributed by atoms with Crippen molar-refractivity contribution in [3.63, 3.8) is 0 Å². The van der Waals surface area contributed by atoms with Crippen LogP contribution in [0.15, 0.2) is 74.4 Å². The first-order valence-electron chi connectivity index (χ1n) is 7.66. The van der Waals surface area contributed by atoms with Crippen molar-refractivity contribution in [2.24, 2.45) is 0 Å². The summed E-state index contributed by atoms with van der Waals surface area (Å²) in [7, 11) is 1.65. The number of hydrogen-bond acceptors (Lipinski definition) is 2. The second-order valence-corrected chi connectivity index (χ2v) is 7.52. The zero-order valence-electron chi connectivity index (χ0n) is 13.3. The summed E-state index contributed by atoms with van der Waals surface area (Å²) in [6.07, 6.45) is 0. The Balaban J connectivity index is 2.19. The van der Waals surface area contributed by atoms with E-state index >= 15 is 0 Å². The molecule has 0 unspecified atom stereocenters. The second-order valence-electron chi connectivity index (χ2n) is 5.69. The lowest BCUT2D eigenvalue weighted by atomic mass is 10.1. The molecule has 0 spiro atoms. The highest BCUT2D eigenvalue weighted by atomic mass is 79.9. The topological polar surface area (TPSA) is 31.2 Å². The zero-order valence-corrected chi connectivity index (χ0v) is 16.5. The van der Waals surface area contributed by atoms with Crippen molar-refractivity contribution in [2.45, 2.75) is 0 Å². The number of ether oxygens (including phenoxy) is 1. The van der Waals surface area contributed by atoms with Gasteiger partial charge in [-0.1, -0.05) is 31.9 Å². The minimum Gasteiger partial charge on any atom is -0.497 e. The van der Waals surface area contributed by atoms with Crippen LogP contribution in [0.4, 0.5) is 0 Å². The molecule has 0 aliphatic carbocycles. The van der Waals surface area contributed by atoms with Gasteiger partial charge in [-0.15, -0.1) is 0 Å². The number of benzene rings is 3. The summed E-state index contributed by atoms with van der Waals surface area (Å²) in [6.45, 7) is 0. The molecule has 3 aromatic carbocycles. The van der Waals surface area contributed by atoms with Crippen molar-refractivity contribution in [3.05, 3.63) is 79.8 Å². The lowest BCUT2D eigenvalue weighted by Crippen LogP contribution is -2.10. The Bertz CT molecular complexity index is 1100. The Morgan fingerprint density at radius 3 is 1.80 bits per heavy atom. The van der Waals surface area contributed by atoms with Crippen molar-refractivity contribution in [1.82, 2.24) is 4.57 Å². The molecule has 0 aliphatic rings. The summed E-state index contributed by atoms with van der Waals surface area (Å²) in [5.41, 5.74) is 2.74. The highest BCUT2D eigenvalue weighted by Gasteiger charge is 2.13. The third-order valence-electron chi connectivity index (χ3n) is 4.22. The number of pyridine rings is 1. The monoisotopic (exact) mass is 457 g/mol. The molecule has 0 saturated carbocycles. The average molecular weight is 459 g/mol. The van der Waals surface area contributed by atoms with Gasteiger partial charge in [-0.25, -0.2) is 0 Å². The number of methoxy groups -OCH3 is 1. The molecule has 0 radical (unpaired) electrons. The van der Waals surface area contributed by atoms with Crippen LogP contribution < -0.4 is 10.2 Å². The van der Waals surface area contributed by atoms with E-state index in [4.69, 9.17) is 4.74 Å². The van der Waals surface area contributed by atoms with Crippen LogP contribution in [0.1, 0.15) is 0 Å². The Hall–Kier alpha value is -2.11. The fourth-order valence-corrected chi connectivity index (χ4v) is 3.78. The standard InChI is InChI=1S/C20H13Br2NO2/c1-25-15-6-4-14(5-7-15)23-18-8-2-12(21)10-16(18)20(24)17-11-13(22)3-9-19(17)23/h2-11H,1H3. The van der Waals surface area contributed by atoms with Crippen LogP contribution in [0.25, 0.3) is 27.5 Å². The van der Waals surface area contributed by atoms with E-state index in [0.29, 0.717) is 10.8 Å². The maximum absolute atomic E-state index is 13.0. The summed E-state index contributed by atoms with van der Waals surface area (Å²) in [5, 5.41) is 1.35. The molecule has 0 aliphatic heterocycles. The minimum absolute atomic E-state index is 0.0253. The van der Waals surface area contributed by atoms with Crippen LogP contribution in [-0.2, 0) is 0 Å². The molecule has 0 N–H and O–H groups in total. The van der Waals surface area contributed by atoms with E-state index in [0.717, 1.165) is 31.4 Å². The molecular formula is C20H13Br2NO2. The Kier molecular flexibility index (Phi) is 4.13. The van der Waals surface area contributed by atoms with Crippen LogP contribution in [0, 0.1) is 0 Å². The Morgan fingerprint density at radius 1 is 0.800 bits per heavy atom. The number of halogens is 2. The first kappa shape index (κ1) is 16.4. The number of rotatable bonds is 2. The third-order valence-corrected chi connectivity index (χ3v) is 5.21. The van der Waals surface area contributed by atoms with Gasteiger partial charge in [-0.05, 0) is 60.7 Å².